The molecule has 128 valence electrons. The molecule has 0 saturated carbocycles. The van der Waals surface area contributed by atoms with Crippen LogP contribution in [-0.2, 0) is 4.79 Å². The quantitative estimate of drug-likeness (QED) is 0.837. The van der Waals surface area contributed by atoms with E-state index in [1.54, 1.807) is 12.1 Å². The topological polar surface area (TPSA) is 52.6 Å². The number of carbonyl (C=O) groups excluding carboxylic acids is 1. The van der Waals surface area contributed by atoms with Crippen molar-refractivity contribution in [3.05, 3.63) is 34.9 Å². The van der Waals surface area contributed by atoms with Gasteiger partial charge in [-0.05, 0) is 37.5 Å². The second-order valence-corrected chi connectivity index (χ2v) is 6.81. The molecule has 5 heteroatoms. The van der Waals surface area contributed by atoms with Crippen molar-refractivity contribution in [2.24, 2.45) is 0 Å². The van der Waals surface area contributed by atoms with Gasteiger partial charge in [0, 0.05) is 37.1 Å². The summed E-state index contributed by atoms with van der Waals surface area (Å²) in [5.41, 5.74) is 0.827. The number of rotatable bonds is 6. The van der Waals surface area contributed by atoms with Crippen molar-refractivity contribution in [3.63, 3.8) is 0 Å². The summed E-state index contributed by atoms with van der Waals surface area (Å²) in [7, 11) is 0. The molecule has 1 fully saturated rings. The van der Waals surface area contributed by atoms with E-state index in [1.807, 2.05) is 24.0 Å². The highest BCUT2D eigenvalue weighted by molar-refractivity contribution is 6.30. The molecule has 2 unspecified atom stereocenters. The number of nitrogens with one attached hydrogen (secondary N) is 1. The number of amides is 1. The van der Waals surface area contributed by atoms with Crippen LogP contribution in [0, 0.1) is 0 Å². The molecule has 2 N–H and O–H groups in total. The lowest BCUT2D eigenvalue weighted by Gasteiger charge is -2.23. The summed E-state index contributed by atoms with van der Waals surface area (Å²) >= 11 is 5.85. The number of halogens is 1. The van der Waals surface area contributed by atoms with E-state index >= 15 is 0 Å². The lowest BCUT2D eigenvalue weighted by atomic mass is 10.1. The van der Waals surface area contributed by atoms with Crippen LogP contribution in [-0.4, -0.2) is 41.6 Å². The molecule has 1 saturated heterocycles. The molecule has 2 rings (SSSR count). The van der Waals surface area contributed by atoms with Gasteiger partial charge in [0.2, 0.25) is 5.91 Å². The Labute approximate surface area is 143 Å². The molecule has 1 aromatic carbocycles. The van der Waals surface area contributed by atoms with Crippen LogP contribution in [0.3, 0.4) is 0 Å². The third kappa shape index (κ3) is 6.13. The molecule has 1 heterocycles. The average molecular weight is 339 g/mol. The number of nitrogens with zero attached hydrogens (tertiary/aromatic N) is 1. The number of hydrogen-bond acceptors (Lipinski definition) is 3. The second kappa shape index (κ2) is 9.26. The first-order valence-corrected chi connectivity index (χ1v) is 8.89. The van der Waals surface area contributed by atoms with Crippen LogP contribution in [0.1, 0.15) is 50.7 Å². The predicted molar refractivity (Wildman–Crippen MR) is 93.5 cm³/mol. The maximum absolute atomic E-state index is 12.3. The van der Waals surface area contributed by atoms with Gasteiger partial charge in [-0.2, -0.15) is 0 Å². The third-order valence-electron chi connectivity index (χ3n) is 4.35. The summed E-state index contributed by atoms with van der Waals surface area (Å²) in [6.45, 7) is 4.19. The summed E-state index contributed by atoms with van der Waals surface area (Å²) in [5.74, 6) is 0.216. The van der Waals surface area contributed by atoms with Crippen molar-refractivity contribution >= 4 is 17.5 Å². The predicted octanol–water partition coefficient (Wildman–Crippen LogP) is 3.14. The minimum atomic E-state index is -0.594. The number of aliphatic hydroxyl groups excluding tert-OH is 1. The molecule has 0 spiro atoms. The molecule has 0 bridgehead atoms. The Morgan fingerprint density at radius 3 is 2.43 bits per heavy atom. The lowest BCUT2D eigenvalue weighted by molar-refractivity contribution is -0.131. The molecule has 23 heavy (non-hydrogen) atoms. The highest BCUT2D eigenvalue weighted by atomic mass is 35.5. The number of benzene rings is 1. The zero-order valence-corrected chi connectivity index (χ0v) is 14.6. The van der Waals surface area contributed by atoms with E-state index in [9.17, 15) is 9.90 Å². The van der Waals surface area contributed by atoms with Crippen molar-refractivity contribution < 1.29 is 9.90 Å². The Bertz CT molecular complexity index is 484. The molecular weight excluding hydrogens is 312 g/mol. The summed E-state index contributed by atoms with van der Waals surface area (Å²) in [5, 5.41) is 14.1. The molecular formula is C18H27ClN2O2. The van der Waals surface area contributed by atoms with Gasteiger partial charge in [0.05, 0.1) is 6.10 Å². The Morgan fingerprint density at radius 2 is 1.83 bits per heavy atom. The monoisotopic (exact) mass is 338 g/mol. The minimum absolute atomic E-state index is 0.0488. The van der Waals surface area contributed by atoms with Crippen LogP contribution < -0.4 is 5.32 Å². The van der Waals surface area contributed by atoms with Gasteiger partial charge < -0.3 is 15.3 Å². The van der Waals surface area contributed by atoms with E-state index in [4.69, 9.17) is 11.6 Å². The van der Waals surface area contributed by atoms with E-state index in [0.29, 0.717) is 18.0 Å². The summed E-state index contributed by atoms with van der Waals surface area (Å²) < 4.78 is 0. The Hall–Kier alpha value is -1.10. The summed E-state index contributed by atoms with van der Waals surface area (Å²) in [6.07, 6.45) is 4.57. The smallest absolute Gasteiger partial charge is 0.224 e. The van der Waals surface area contributed by atoms with Gasteiger partial charge in [-0.3, -0.25) is 4.79 Å². The van der Waals surface area contributed by atoms with Gasteiger partial charge >= 0.3 is 0 Å². The number of carbonyl (C=O) groups is 1. The van der Waals surface area contributed by atoms with Crippen LogP contribution in [0.15, 0.2) is 24.3 Å². The van der Waals surface area contributed by atoms with Crippen molar-refractivity contribution in [2.75, 3.05) is 19.6 Å². The fourth-order valence-electron chi connectivity index (χ4n) is 2.90. The van der Waals surface area contributed by atoms with E-state index in [0.717, 1.165) is 31.5 Å². The lowest BCUT2D eigenvalue weighted by Crippen LogP contribution is -2.38. The minimum Gasteiger partial charge on any atom is -0.387 e. The Morgan fingerprint density at radius 1 is 1.22 bits per heavy atom. The third-order valence-corrected chi connectivity index (χ3v) is 4.61. The molecule has 1 aliphatic heterocycles. The molecule has 2 atom stereocenters. The fraction of sp³-hybridized carbons (Fsp3) is 0.611. The molecule has 0 aliphatic carbocycles. The molecule has 1 aliphatic rings. The van der Waals surface area contributed by atoms with Crippen LogP contribution in [0.4, 0.5) is 0 Å². The normalized spacial score (nSPS) is 18.3. The van der Waals surface area contributed by atoms with Crippen LogP contribution >= 0.6 is 11.6 Å². The zero-order valence-electron chi connectivity index (χ0n) is 13.8. The number of aliphatic hydroxyl groups is 1. The van der Waals surface area contributed by atoms with Gasteiger partial charge in [0.15, 0.2) is 0 Å². The van der Waals surface area contributed by atoms with E-state index in [-0.39, 0.29) is 11.9 Å². The average Bonchev–Trinajstić information content (AvgIpc) is 2.82. The molecule has 0 radical (unpaired) electrons. The first-order valence-electron chi connectivity index (χ1n) is 8.51. The first-order chi connectivity index (χ1) is 11.1. The second-order valence-electron chi connectivity index (χ2n) is 6.38. The summed E-state index contributed by atoms with van der Waals surface area (Å²) in [6, 6.07) is 7.23. The van der Waals surface area contributed by atoms with Gasteiger partial charge in [-0.1, -0.05) is 36.6 Å². The van der Waals surface area contributed by atoms with Crippen LogP contribution in [0.25, 0.3) is 0 Å². The summed E-state index contributed by atoms with van der Waals surface area (Å²) in [4.78, 5) is 14.3. The number of hydrogen-bond donors (Lipinski definition) is 2. The van der Waals surface area contributed by atoms with E-state index in [2.05, 4.69) is 5.32 Å². The van der Waals surface area contributed by atoms with E-state index < -0.39 is 6.10 Å². The SMILES string of the molecule is CC(CC(=O)N1CCCCCC1)NCC(O)c1ccc(Cl)cc1. The highest BCUT2D eigenvalue weighted by Crippen LogP contribution is 2.16. The highest BCUT2D eigenvalue weighted by Gasteiger charge is 2.18. The van der Waals surface area contributed by atoms with Gasteiger partial charge in [-0.25, -0.2) is 0 Å². The van der Waals surface area contributed by atoms with Crippen LogP contribution in [0.2, 0.25) is 5.02 Å². The van der Waals surface area contributed by atoms with Gasteiger partial charge in [-0.15, -0.1) is 0 Å². The van der Waals surface area contributed by atoms with Gasteiger partial charge in [0.25, 0.3) is 0 Å². The van der Waals surface area contributed by atoms with Crippen molar-refractivity contribution in [1.82, 2.24) is 10.2 Å². The maximum Gasteiger partial charge on any atom is 0.224 e. The Kier molecular flexibility index (Phi) is 7.34. The molecule has 0 aromatic heterocycles. The molecule has 4 nitrogen and oxygen atoms in total. The zero-order chi connectivity index (χ0) is 16.7. The fourth-order valence-corrected chi connectivity index (χ4v) is 3.02. The molecule has 1 aromatic rings. The maximum atomic E-state index is 12.3. The first kappa shape index (κ1) is 18.2. The van der Waals surface area contributed by atoms with Crippen LogP contribution in [0.5, 0.6) is 0 Å². The molecule has 1 amide bonds. The van der Waals surface area contributed by atoms with Crippen molar-refractivity contribution in [3.8, 4) is 0 Å². The number of likely N-dealkylation sites (tertiary alicyclic amines) is 1. The standard InChI is InChI=1S/C18H27ClN2O2/c1-14(12-18(23)21-10-4-2-3-5-11-21)20-13-17(22)15-6-8-16(19)9-7-15/h6-9,14,17,20,22H,2-5,10-13H2,1H3. The van der Waals surface area contributed by atoms with Crippen molar-refractivity contribution in [1.29, 1.82) is 0 Å². The van der Waals surface area contributed by atoms with E-state index in [1.165, 1.54) is 12.8 Å². The largest absolute Gasteiger partial charge is 0.387 e. The Balaban J connectivity index is 1.74. The van der Waals surface area contributed by atoms with Crippen molar-refractivity contribution in [2.45, 2.75) is 51.2 Å². The van der Waals surface area contributed by atoms with Gasteiger partial charge in [0.1, 0.15) is 0 Å².